The highest BCUT2D eigenvalue weighted by molar-refractivity contribution is 7.92. The number of rotatable bonds is 7. The molecule has 2 amide bonds. The summed E-state index contributed by atoms with van der Waals surface area (Å²) in [7, 11) is -3.55. The fraction of sp³-hybridized carbons (Fsp3) is 0.250. The molecule has 140 valence electrons. The number of halogens is 1. The largest absolute Gasteiger partial charge is 0.467 e. The fourth-order valence-electron chi connectivity index (χ4n) is 2.03. The Morgan fingerprint density at radius 2 is 2.00 bits per heavy atom. The molecule has 0 saturated carbocycles. The normalized spacial score (nSPS) is 12.3. The van der Waals surface area contributed by atoms with Crippen LogP contribution < -0.4 is 15.4 Å². The molecule has 0 spiro atoms. The van der Waals surface area contributed by atoms with Crippen LogP contribution in [-0.4, -0.2) is 32.5 Å². The third-order valence-electron chi connectivity index (χ3n) is 3.28. The monoisotopic (exact) mass is 399 g/mol. The van der Waals surface area contributed by atoms with Gasteiger partial charge >= 0.3 is 0 Å². The van der Waals surface area contributed by atoms with Crippen LogP contribution >= 0.6 is 11.6 Å². The summed E-state index contributed by atoms with van der Waals surface area (Å²) >= 11 is 5.92. The molecule has 0 radical (unpaired) electrons. The maximum atomic E-state index is 12.3. The van der Waals surface area contributed by atoms with E-state index in [1.54, 1.807) is 12.1 Å². The topological polar surface area (TPSA) is 118 Å². The lowest BCUT2D eigenvalue weighted by molar-refractivity contribution is -0.122. The minimum Gasteiger partial charge on any atom is -0.467 e. The van der Waals surface area contributed by atoms with Gasteiger partial charge in [0.1, 0.15) is 11.8 Å². The highest BCUT2D eigenvalue weighted by atomic mass is 35.5. The van der Waals surface area contributed by atoms with Crippen LogP contribution in [0.25, 0.3) is 0 Å². The molecular weight excluding hydrogens is 382 g/mol. The lowest BCUT2D eigenvalue weighted by Gasteiger charge is -2.14. The predicted octanol–water partition coefficient (Wildman–Crippen LogP) is 1.74. The van der Waals surface area contributed by atoms with Crippen molar-refractivity contribution in [3.8, 4) is 0 Å². The first-order valence-electron chi connectivity index (χ1n) is 7.54. The third-order valence-corrected chi connectivity index (χ3v) is 4.20. The number of amides is 2. The number of benzene rings is 1. The molecule has 26 heavy (non-hydrogen) atoms. The number of nitrogens with one attached hydrogen (secondary N) is 3. The number of anilines is 1. The molecule has 1 unspecified atom stereocenters. The molecule has 0 fully saturated rings. The fourth-order valence-corrected chi connectivity index (χ4v) is 2.82. The Balaban J connectivity index is 1.99. The molecule has 0 aliphatic rings. The Morgan fingerprint density at radius 1 is 1.27 bits per heavy atom. The van der Waals surface area contributed by atoms with Gasteiger partial charge in [-0.2, -0.15) is 0 Å². The van der Waals surface area contributed by atoms with E-state index in [1.807, 2.05) is 0 Å². The summed E-state index contributed by atoms with van der Waals surface area (Å²) in [5, 5.41) is 5.32. The van der Waals surface area contributed by atoms with Crippen molar-refractivity contribution in [2.45, 2.75) is 19.5 Å². The molecule has 0 aliphatic carbocycles. The smallest absolute Gasteiger partial charge is 0.251 e. The van der Waals surface area contributed by atoms with Crippen molar-refractivity contribution in [1.29, 1.82) is 0 Å². The summed E-state index contributed by atoms with van der Waals surface area (Å²) in [6.45, 7) is 1.73. The second-order valence-electron chi connectivity index (χ2n) is 5.56. The number of hydrogen-bond donors (Lipinski definition) is 3. The number of hydrogen-bond acceptors (Lipinski definition) is 5. The van der Waals surface area contributed by atoms with Gasteiger partial charge in [-0.05, 0) is 37.3 Å². The van der Waals surface area contributed by atoms with Crippen molar-refractivity contribution in [3.05, 3.63) is 52.9 Å². The molecule has 2 rings (SSSR count). The molecule has 0 saturated heterocycles. The lowest BCUT2D eigenvalue weighted by Crippen LogP contribution is -2.44. The summed E-state index contributed by atoms with van der Waals surface area (Å²) in [5.74, 6) is -0.344. The van der Waals surface area contributed by atoms with E-state index in [0.29, 0.717) is 5.76 Å². The van der Waals surface area contributed by atoms with Crippen LogP contribution in [0.1, 0.15) is 23.0 Å². The van der Waals surface area contributed by atoms with Crippen LogP contribution in [0.15, 0.2) is 41.0 Å². The van der Waals surface area contributed by atoms with Gasteiger partial charge in [0.15, 0.2) is 0 Å². The van der Waals surface area contributed by atoms with Gasteiger partial charge in [0.05, 0.1) is 29.8 Å². The van der Waals surface area contributed by atoms with Crippen LogP contribution in [0.2, 0.25) is 5.02 Å². The molecule has 1 aromatic heterocycles. The average Bonchev–Trinajstić information content (AvgIpc) is 3.06. The van der Waals surface area contributed by atoms with E-state index in [2.05, 4.69) is 15.4 Å². The van der Waals surface area contributed by atoms with Crippen molar-refractivity contribution in [1.82, 2.24) is 10.6 Å². The highest BCUT2D eigenvalue weighted by Gasteiger charge is 2.18. The van der Waals surface area contributed by atoms with Crippen molar-refractivity contribution in [3.63, 3.8) is 0 Å². The van der Waals surface area contributed by atoms with E-state index in [1.165, 1.54) is 31.4 Å². The Kier molecular flexibility index (Phi) is 6.27. The first-order valence-corrected chi connectivity index (χ1v) is 9.81. The standard InChI is InChI=1S/C16H18ClN3O5S/c1-10(15(21)18-9-12-4-3-7-25-12)19-16(22)11-5-6-13(17)14(8-11)20-26(2,23)24/h3-8,10,20H,9H2,1-2H3,(H,18,21)(H,19,22). The molecular formula is C16H18ClN3O5S. The maximum Gasteiger partial charge on any atom is 0.251 e. The van der Waals surface area contributed by atoms with E-state index < -0.39 is 27.9 Å². The Bertz CT molecular complexity index is 897. The van der Waals surface area contributed by atoms with Crippen molar-refractivity contribution in [2.75, 3.05) is 11.0 Å². The van der Waals surface area contributed by atoms with Gasteiger partial charge in [0, 0.05) is 5.56 Å². The van der Waals surface area contributed by atoms with Gasteiger partial charge in [-0.3, -0.25) is 14.3 Å². The molecule has 0 aliphatic heterocycles. The number of sulfonamides is 1. The molecule has 3 N–H and O–H groups in total. The van der Waals surface area contributed by atoms with Gasteiger partial charge in [0.2, 0.25) is 15.9 Å². The first-order chi connectivity index (χ1) is 12.2. The van der Waals surface area contributed by atoms with E-state index >= 15 is 0 Å². The van der Waals surface area contributed by atoms with Gasteiger partial charge in [-0.1, -0.05) is 11.6 Å². The van der Waals surface area contributed by atoms with E-state index in [4.69, 9.17) is 16.0 Å². The highest BCUT2D eigenvalue weighted by Crippen LogP contribution is 2.24. The van der Waals surface area contributed by atoms with Gasteiger partial charge in [0.25, 0.3) is 5.91 Å². The van der Waals surface area contributed by atoms with Gasteiger partial charge in [-0.15, -0.1) is 0 Å². The minimum absolute atomic E-state index is 0.0803. The lowest BCUT2D eigenvalue weighted by atomic mass is 10.1. The van der Waals surface area contributed by atoms with Crippen LogP contribution in [0.5, 0.6) is 0 Å². The molecule has 1 heterocycles. The Morgan fingerprint density at radius 3 is 2.62 bits per heavy atom. The van der Waals surface area contributed by atoms with Gasteiger partial charge < -0.3 is 15.1 Å². The van der Waals surface area contributed by atoms with Crippen LogP contribution in [0, 0.1) is 0 Å². The first kappa shape index (κ1) is 19.8. The van der Waals surface area contributed by atoms with Crippen LogP contribution in [0.3, 0.4) is 0 Å². The molecule has 10 heteroatoms. The molecule has 2 aromatic rings. The number of carbonyl (C=O) groups excluding carboxylic acids is 2. The summed E-state index contributed by atoms with van der Waals surface area (Å²) in [6.07, 6.45) is 2.47. The average molecular weight is 400 g/mol. The Hall–Kier alpha value is -2.52. The zero-order valence-corrected chi connectivity index (χ0v) is 15.6. The van der Waals surface area contributed by atoms with Crippen molar-refractivity contribution >= 4 is 39.1 Å². The van der Waals surface area contributed by atoms with E-state index in [9.17, 15) is 18.0 Å². The second-order valence-corrected chi connectivity index (χ2v) is 7.72. The quantitative estimate of drug-likeness (QED) is 0.655. The summed E-state index contributed by atoms with van der Waals surface area (Å²) < 4.78 is 30.0. The minimum atomic E-state index is -3.55. The maximum absolute atomic E-state index is 12.3. The van der Waals surface area contributed by atoms with Crippen molar-refractivity contribution in [2.24, 2.45) is 0 Å². The van der Waals surface area contributed by atoms with E-state index in [-0.39, 0.29) is 22.8 Å². The summed E-state index contributed by atoms with van der Waals surface area (Å²) in [6, 6.07) is 6.73. The van der Waals surface area contributed by atoms with Crippen LogP contribution in [-0.2, 0) is 21.4 Å². The van der Waals surface area contributed by atoms with Crippen molar-refractivity contribution < 1.29 is 22.4 Å². The third kappa shape index (κ3) is 5.78. The summed E-state index contributed by atoms with van der Waals surface area (Å²) in [5.41, 5.74) is 0.239. The van der Waals surface area contributed by atoms with Crippen LogP contribution in [0.4, 0.5) is 5.69 Å². The molecule has 1 atom stereocenters. The number of furan rings is 1. The van der Waals surface area contributed by atoms with E-state index in [0.717, 1.165) is 6.26 Å². The Labute approximate surface area is 156 Å². The SMILES string of the molecule is CC(NC(=O)c1ccc(Cl)c(NS(C)(=O)=O)c1)C(=O)NCc1ccco1. The predicted molar refractivity (Wildman–Crippen MR) is 97.4 cm³/mol. The number of carbonyl (C=O) groups is 2. The molecule has 8 nitrogen and oxygen atoms in total. The second kappa shape index (κ2) is 8.24. The van der Waals surface area contributed by atoms with Gasteiger partial charge in [-0.25, -0.2) is 8.42 Å². The summed E-state index contributed by atoms with van der Waals surface area (Å²) in [4.78, 5) is 24.3. The zero-order valence-electron chi connectivity index (χ0n) is 14.1. The molecule has 1 aromatic carbocycles. The zero-order chi connectivity index (χ0) is 19.3. The molecule has 0 bridgehead atoms.